The molecule has 0 saturated carbocycles. The van der Waals surface area contributed by atoms with Crippen molar-refractivity contribution in [2.45, 2.75) is 19.9 Å². The Balaban J connectivity index is 1.51. The highest BCUT2D eigenvalue weighted by Gasteiger charge is 2.08. The molecule has 0 atom stereocenters. The van der Waals surface area contributed by atoms with Crippen LogP contribution >= 0.6 is 0 Å². The number of carbonyl (C=O) groups is 1. The van der Waals surface area contributed by atoms with E-state index in [1.807, 2.05) is 6.20 Å². The van der Waals surface area contributed by atoms with Crippen LogP contribution < -0.4 is 15.8 Å². The number of nitrogens with one attached hydrogen (secondary N) is 1. The molecule has 0 spiro atoms. The molecule has 2 heterocycles. The van der Waals surface area contributed by atoms with Crippen molar-refractivity contribution >= 4 is 11.7 Å². The number of nitrogens with zero attached hydrogens (tertiary/aromatic N) is 5. The molecule has 1 aromatic carbocycles. The summed E-state index contributed by atoms with van der Waals surface area (Å²) in [4.78, 5) is 20.4. The van der Waals surface area contributed by atoms with Gasteiger partial charge in [-0.05, 0) is 31.2 Å². The number of hydrogen-bond acceptors (Lipinski definition) is 7. The summed E-state index contributed by atoms with van der Waals surface area (Å²) in [5.74, 6) is 1.63. The molecule has 0 unspecified atom stereocenters. The summed E-state index contributed by atoms with van der Waals surface area (Å²) in [7, 11) is 1.59. The lowest BCUT2D eigenvalue weighted by Crippen LogP contribution is -2.25. The summed E-state index contributed by atoms with van der Waals surface area (Å²) in [6.07, 6.45) is 4.08. The van der Waals surface area contributed by atoms with Crippen LogP contribution in [-0.4, -0.2) is 44.5 Å². The van der Waals surface area contributed by atoms with E-state index in [1.54, 1.807) is 49.2 Å². The first-order valence-corrected chi connectivity index (χ1v) is 8.44. The van der Waals surface area contributed by atoms with E-state index in [1.165, 1.54) is 0 Å². The van der Waals surface area contributed by atoms with Crippen molar-refractivity contribution < 1.29 is 9.53 Å². The highest BCUT2D eigenvalue weighted by molar-refractivity contribution is 5.94. The molecule has 0 aliphatic heterocycles. The van der Waals surface area contributed by atoms with Gasteiger partial charge in [0.15, 0.2) is 0 Å². The smallest absolute Gasteiger partial charge is 0.251 e. The Bertz CT molecular complexity index is 922. The number of carbonyl (C=O) groups excluding carboxylic acids is 1. The monoisotopic (exact) mass is 367 g/mol. The number of amides is 1. The molecule has 9 nitrogen and oxygen atoms in total. The fourth-order valence-electron chi connectivity index (χ4n) is 2.49. The standard InChI is InChI=1S/C18H21N7O2/c1-12-21-9-14(17(19)22-12)10-25-11-15(23-24-25)7-8-20-18(26)13-3-5-16(27-2)6-4-13/h3-6,9,11H,7-8,10H2,1-2H3,(H,20,26)(H2,19,21,22). The van der Waals surface area contributed by atoms with Gasteiger partial charge in [0.05, 0.1) is 19.3 Å². The molecule has 1 amide bonds. The van der Waals surface area contributed by atoms with Crippen LogP contribution in [0.1, 0.15) is 27.4 Å². The molecule has 0 aliphatic carbocycles. The third-order valence-electron chi connectivity index (χ3n) is 3.96. The number of aryl methyl sites for hydroxylation is 1. The first-order chi connectivity index (χ1) is 13.0. The molecule has 0 fully saturated rings. The van der Waals surface area contributed by atoms with Crippen molar-refractivity contribution in [3.63, 3.8) is 0 Å². The average molecular weight is 367 g/mol. The Hall–Kier alpha value is -3.49. The SMILES string of the molecule is COc1ccc(C(=O)NCCc2cn(Cc3cnc(C)nc3N)nn2)cc1. The number of rotatable bonds is 7. The van der Waals surface area contributed by atoms with Crippen molar-refractivity contribution in [1.82, 2.24) is 30.3 Å². The second-order valence-corrected chi connectivity index (χ2v) is 5.97. The Labute approximate surface area is 156 Å². The Morgan fingerprint density at radius 3 is 2.78 bits per heavy atom. The topological polar surface area (TPSA) is 121 Å². The summed E-state index contributed by atoms with van der Waals surface area (Å²) in [6, 6.07) is 6.94. The van der Waals surface area contributed by atoms with Crippen LogP contribution in [0.2, 0.25) is 0 Å². The summed E-state index contributed by atoms with van der Waals surface area (Å²) < 4.78 is 6.75. The molecule has 0 radical (unpaired) electrons. The van der Waals surface area contributed by atoms with Gasteiger partial charge in [-0.1, -0.05) is 5.21 Å². The van der Waals surface area contributed by atoms with E-state index in [9.17, 15) is 4.79 Å². The fourth-order valence-corrected chi connectivity index (χ4v) is 2.49. The lowest BCUT2D eigenvalue weighted by atomic mass is 10.2. The van der Waals surface area contributed by atoms with Gasteiger partial charge in [0, 0.05) is 36.5 Å². The van der Waals surface area contributed by atoms with E-state index >= 15 is 0 Å². The lowest BCUT2D eigenvalue weighted by Gasteiger charge is -2.05. The van der Waals surface area contributed by atoms with Crippen LogP contribution in [0, 0.1) is 6.92 Å². The van der Waals surface area contributed by atoms with Crippen LogP contribution in [0.3, 0.4) is 0 Å². The van der Waals surface area contributed by atoms with Crippen LogP contribution in [-0.2, 0) is 13.0 Å². The van der Waals surface area contributed by atoms with Gasteiger partial charge in [-0.15, -0.1) is 5.10 Å². The van der Waals surface area contributed by atoms with Gasteiger partial charge in [0.1, 0.15) is 17.4 Å². The quantitative estimate of drug-likeness (QED) is 0.639. The molecule has 0 saturated heterocycles. The minimum Gasteiger partial charge on any atom is -0.497 e. The number of methoxy groups -OCH3 is 1. The molecule has 9 heteroatoms. The zero-order chi connectivity index (χ0) is 19.2. The molecular weight excluding hydrogens is 346 g/mol. The molecule has 3 rings (SSSR count). The van der Waals surface area contributed by atoms with Gasteiger partial charge < -0.3 is 15.8 Å². The number of anilines is 1. The molecule has 140 valence electrons. The van der Waals surface area contributed by atoms with E-state index in [-0.39, 0.29) is 5.91 Å². The second-order valence-electron chi connectivity index (χ2n) is 5.97. The second kappa shape index (κ2) is 8.26. The van der Waals surface area contributed by atoms with Crippen LogP contribution in [0.4, 0.5) is 5.82 Å². The molecule has 3 N–H and O–H groups in total. The number of ether oxygens (including phenoxy) is 1. The maximum atomic E-state index is 12.1. The fraction of sp³-hybridized carbons (Fsp3) is 0.278. The van der Waals surface area contributed by atoms with Gasteiger partial charge in [-0.25, -0.2) is 14.6 Å². The number of nitrogen functional groups attached to an aromatic ring is 1. The van der Waals surface area contributed by atoms with E-state index < -0.39 is 0 Å². The minimum absolute atomic E-state index is 0.144. The first-order valence-electron chi connectivity index (χ1n) is 8.44. The van der Waals surface area contributed by atoms with E-state index in [0.717, 1.165) is 11.3 Å². The number of hydrogen-bond donors (Lipinski definition) is 2. The van der Waals surface area contributed by atoms with Crippen LogP contribution in [0.5, 0.6) is 5.75 Å². The zero-order valence-corrected chi connectivity index (χ0v) is 15.2. The first kappa shape index (κ1) is 18.3. The molecule has 2 aromatic heterocycles. The Kier molecular flexibility index (Phi) is 5.60. The Morgan fingerprint density at radius 1 is 1.30 bits per heavy atom. The lowest BCUT2D eigenvalue weighted by molar-refractivity contribution is 0.0954. The van der Waals surface area contributed by atoms with Gasteiger partial charge in [0.2, 0.25) is 0 Å². The van der Waals surface area contributed by atoms with Crippen molar-refractivity contribution in [3.05, 3.63) is 59.3 Å². The van der Waals surface area contributed by atoms with Gasteiger partial charge in [0.25, 0.3) is 5.91 Å². The van der Waals surface area contributed by atoms with Gasteiger partial charge in [-0.3, -0.25) is 4.79 Å². The van der Waals surface area contributed by atoms with Crippen molar-refractivity contribution in [2.75, 3.05) is 19.4 Å². The maximum absolute atomic E-state index is 12.1. The van der Waals surface area contributed by atoms with E-state index in [0.29, 0.717) is 42.5 Å². The van der Waals surface area contributed by atoms with Gasteiger partial charge >= 0.3 is 0 Å². The van der Waals surface area contributed by atoms with Crippen LogP contribution in [0.25, 0.3) is 0 Å². The predicted octanol–water partition coefficient (Wildman–Crippen LogP) is 0.988. The normalized spacial score (nSPS) is 10.6. The minimum atomic E-state index is -0.144. The van der Waals surface area contributed by atoms with E-state index in [2.05, 4.69) is 25.6 Å². The molecule has 0 bridgehead atoms. The highest BCUT2D eigenvalue weighted by Crippen LogP contribution is 2.11. The molecular formula is C18H21N7O2. The molecule has 27 heavy (non-hydrogen) atoms. The van der Waals surface area contributed by atoms with Crippen molar-refractivity contribution in [1.29, 1.82) is 0 Å². The zero-order valence-electron chi connectivity index (χ0n) is 15.2. The highest BCUT2D eigenvalue weighted by atomic mass is 16.5. The van der Waals surface area contributed by atoms with Gasteiger partial charge in [-0.2, -0.15) is 0 Å². The summed E-state index contributed by atoms with van der Waals surface area (Å²) in [5.41, 5.74) is 8.03. The van der Waals surface area contributed by atoms with Crippen molar-refractivity contribution in [3.8, 4) is 5.75 Å². The average Bonchev–Trinajstić information content (AvgIpc) is 3.11. The maximum Gasteiger partial charge on any atom is 0.251 e. The molecule has 3 aromatic rings. The predicted molar refractivity (Wildman–Crippen MR) is 99.3 cm³/mol. The number of nitrogens with two attached hydrogens (primary N) is 1. The number of benzene rings is 1. The Morgan fingerprint density at radius 2 is 2.07 bits per heavy atom. The largest absolute Gasteiger partial charge is 0.497 e. The summed E-state index contributed by atoms with van der Waals surface area (Å²) >= 11 is 0. The molecule has 0 aliphatic rings. The number of aromatic nitrogens is 5. The summed E-state index contributed by atoms with van der Waals surface area (Å²) in [5, 5.41) is 11.1. The summed E-state index contributed by atoms with van der Waals surface area (Å²) in [6.45, 7) is 2.69. The van der Waals surface area contributed by atoms with Crippen molar-refractivity contribution in [2.24, 2.45) is 0 Å². The van der Waals surface area contributed by atoms with Crippen LogP contribution in [0.15, 0.2) is 36.7 Å². The third kappa shape index (κ3) is 4.78. The van der Waals surface area contributed by atoms with E-state index in [4.69, 9.17) is 10.5 Å². The third-order valence-corrected chi connectivity index (χ3v) is 3.96.